The van der Waals surface area contributed by atoms with Gasteiger partial charge in [-0.15, -0.1) is 0 Å². The molecule has 1 aliphatic heterocycles. The number of nitrogens with zero attached hydrogens (tertiary/aromatic N) is 2. The summed E-state index contributed by atoms with van der Waals surface area (Å²) in [5.41, 5.74) is 0.552. The summed E-state index contributed by atoms with van der Waals surface area (Å²) in [4.78, 5) is 29.1. The number of benzene rings is 2. The van der Waals surface area contributed by atoms with Crippen molar-refractivity contribution in [1.29, 1.82) is 0 Å². The summed E-state index contributed by atoms with van der Waals surface area (Å²) in [6.07, 6.45) is 1.46. The molecule has 0 unspecified atom stereocenters. The maximum absolute atomic E-state index is 13.1. The van der Waals surface area contributed by atoms with Gasteiger partial charge in [0.2, 0.25) is 5.91 Å². The predicted molar refractivity (Wildman–Crippen MR) is 132 cm³/mol. The molecule has 1 saturated heterocycles. The molecule has 2 aromatic carbocycles. The SMILES string of the molecule is CCOc1cc(C(=O)N2CCN(C(=O)CCC(C)C)CC2)ccc1OCCOc1ccccc1. The Labute approximate surface area is 202 Å². The van der Waals surface area contributed by atoms with Crippen LogP contribution in [0.25, 0.3) is 0 Å². The quantitative estimate of drug-likeness (QED) is 0.461. The smallest absolute Gasteiger partial charge is 0.254 e. The highest BCUT2D eigenvalue weighted by Crippen LogP contribution is 2.29. The van der Waals surface area contributed by atoms with Crippen LogP contribution in [0.4, 0.5) is 0 Å². The standard InChI is InChI=1S/C27H36N2O5/c1-4-32-25-20-22(11-12-24(25)34-19-18-33-23-8-6-5-7-9-23)27(31)29-16-14-28(15-17-29)26(30)13-10-21(2)3/h5-9,11-12,20-21H,4,10,13-19H2,1-3H3. The molecule has 1 heterocycles. The number of piperazine rings is 1. The summed E-state index contributed by atoms with van der Waals surface area (Å²) in [7, 11) is 0. The van der Waals surface area contributed by atoms with Crippen LogP contribution in [0.3, 0.4) is 0 Å². The zero-order valence-corrected chi connectivity index (χ0v) is 20.5. The van der Waals surface area contributed by atoms with Crippen molar-refractivity contribution in [3.8, 4) is 17.2 Å². The fourth-order valence-corrected chi connectivity index (χ4v) is 3.77. The molecule has 7 heteroatoms. The van der Waals surface area contributed by atoms with Crippen molar-refractivity contribution in [2.45, 2.75) is 33.6 Å². The van der Waals surface area contributed by atoms with E-state index >= 15 is 0 Å². The van der Waals surface area contributed by atoms with Gasteiger partial charge in [0.25, 0.3) is 5.91 Å². The Balaban J connectivity index is 1.53. The van der Waals surface area contributed by atoms with E-state index in [1.165, 1.54) is 0 Å². The number of rotatable bonds is 11. The van der Waals surface area contributed by atoms with E-state index in [0.717, 1.165) is 12.2 Å². The molecule has 184 valence electrons. The summed E-state index contributed by atoms with van der Waals surface area (Å²) in [6.45, 7) is 9.57. The van der Waals surface area contributed by atoms with E-state index in [1.807, 2.05) is 42.2 Å². The number of hydrogen-bond acceptors (Lipinski definition) is 5. The van der Waals surface area contributed by atoms with Crippen LogP contribution in [0, 0.1) is 5.92 Å². The maximum Gasteiger partial charge on any atom is 0.254 e. The van der Waals surface area contributed by atoms with Gasteiger partial charge in [0.05, 0.1) is 6.61 Å². The Morgan fingerprint density at radius 3 is 2.21 bits per heavy atom. The van der Waals surface area contributed by atoms with E-state index in [9.17, 15) is 9.59 Å². The van der Waals surface area contributed by atoms with Gasteiger partial charge in [-0.1, -0.05) is 32.0 Å². The van der Waals surface area contributed by atoms with Crippen LogP contribution in [-0.4, -0.2) is 67.6 Å². The first-order valence-corrected chi connectivity index (χ1v) is 12.1. The van der Waals surface area contributed by atoms with E-state index < -0.39 is 0 Å². The Bertz CT molecular complexity index is 924. The highest BCUT2D eigenvalue weighted by Gasteiger charge is 2.25. The topological polar surface area (TPSA) is 68.3 Å². The van der Waals surface area contributed by atoms with Crippen LogP contribution in [0.15, 0.2) is 48.5 Å². The van der Waals surface area contributed by atoms with Crippen molar-refractivity contribution in [2.24, 2.45) is 5.92 Å². The zero-order valence-electron chi connectivity index (χ0n) is 20.5. The Morgan fingerprint density at radius 1 is 0.853 bits per heavy atom. The second kappa shape index (κ2) is 12.9. The Kier molecular flexibility index (Phi) is 9.62. The number of amides is 2. The van der Waals surface area contributed by atoms with E-state index in [0.29, 0.717) is 75.4 Å². The van der Waals surface area contributed by atoms with Gasteiger partial charge in [0, 0.05) is 38.2 Å². The molecule has 0 aliphatic carbocycles. The third-order valence-electron chi connectivity index (χ3n) is 5.70. The molecule has 2 aromatic rings. The third kappa shape index (κ3) is 7.40. The average Bonchev–Trinajstić information content (AvgIpc) is 2.86. The molecule has 1 fully saturated rings. The molecule has 7 nitrogen and oxygen atoms in total. The first kappa shape index (κ1) is 25.4. The van der Waals surface area contributed by atoms with Crippen molar-refractivity contribution in [1.82, 2.24) is 9.80 Å². The minimum Gasteiger partial charge on any atom is -0.490 e. The summed E-state index contributed by atoms with van der Waals surface area (Å²) < 4.78 is 17.3. The molecule has 0 radical (unpaired) electrons. The van der Waals surface area contributed by atoms with E-state index in [-0.39, 0.29) is 11.8 Å². The third-order valence-corrected chi connectivity index (χ3v) is 5.70. The van der Waals surface area contributed by atoms with Gasteiger partial charge < -0.3 is 24.0 Å². The van der Waals surface area contributed by atoms with Crippen LogP contribution in [0.2, 0.25) is 0 Å². The lowest BCUT2D eigenvalue weighted by molar-refractivity contribution is -0.132. The minimum atomic E-state index is -0.0609. The summed E-state index contributed by atoms with van der Waals surface area (Å²) in [5, 5.41) is 0. The van der Waals surface area contributed by atoms with Gasteiger partial charge in [0.1, 0.15) is 19.0 Å². The summed E-state index contributed by atoms with van der Waals surface area (Å²) >= 11 is 0. The molecule has 3 rings (SSSR count). The number of carbonyl (C=O) groups is 2. The molecule has 0 saturated carbocycles. The lowest BCUT2D eigenvalue weighted by Crippen LogP contribution is -2.50. The van der Waals surface area contributed by atoms with Gasteiger partial charge in [-0.05, 0) is 49.6 Å². The van der Waals surface area contributed by atoms with Gasteiger partial charge in [-0.2, -0.15) is 0 Å². The fourth-order valence-electron chi connectivity index (χ4n) is 3.77. The molecule has 1 aliphatic rings. The molecule has 0 N–H and O–H groups in total. The van der Waals surface area contributed by atoms with Gasteiger partial charge in [0.15, 0.2) is 11.5 Å². The maximum atomic E-state index is 13.1. The van der Waals surface area contributed by atoms with Crippen LogP contribution in [0.1, 0.15) is 44.0 Å². The van der Waals surface area contributed by atoms with Gasteiger partial charge in [-0.25, -0.2) is 0 Å². The normalized spacial score (nSPS) is 13.6. The van der Waals surface area contributed by atoms with Crippen LogP contribution >= 0.6 is 0 Å². The molecule has 0 bridgehead atoms. The van der Waals surface area contributed by atoms with Crippen molar-refractivity contribution in [3.05, 3.63) is 54.1 Å². The second-order valence-electron chi connectivity index (χ2n) is 8.71. The highest BCUT2D eigenvalue weighted by atomic mass is 16.5. The van der Waals surface area contributed by atoms with Crippen molar-refractivity contribution in [3.63, 3.8) is 0 Å². The molecule has 0 aromatic heterocycles. The monoisotopic (exact) mass is 468 g/mol. The largest absolute Gasteiger partial charge is 0.490 e. The summed E-state index contributed by atoms with van der Waals surface area (Å²) in [6, 6.07) is 14.8. The minimum absolute atomic E-state index is 0.0609. The van der Waals surface area contributed by atoms with Crippen LogP contribution < -0.4 is 14.2 Å². The van der Waals surface area contributed by atoms with Crippen molar-refractivity contribution in [2.75, 3.05) is 46.0 Å². The highest BCUT2D eigenvalue weighted by molar-refractivity contribution is 5.95. The molecule has 0 spiro atoms. The first-order valence-electron chi connectivity index (χ1n) is 12.1. The number of carbonyl (C=O) groups excluding carboxylic acids is 2. The Hall–Kier alpha value is -3.22. The second-order valence-corrected chi connectivity index (χ2v) is 8.71. The number of ether oxygens (including phenoxy) is 3. The van der Waals surface area contributed by atoms with Crippen LogP contribution in [-0.2, 0) is 4.79 Å². The van der Waals surface area contributed by atoms with E-state index in [1.54, 1.807) is 23.1 Å². The van der Waals surface area contributed by atoms with Gasteiger partial charge in [-0.3, -0.25) is 9.59 Å². The van der Waals surface area contributed by atoms with E-state index in [2.05, 4.69) is 13.8 Å². The molecular weight excluding hydrogens is 432 g/mol. The van der Waals surface area contributed by atoms with Crippen molar-refractivity contribution < 1.29 is 23.8 Å². The Morgan fingerprint density at radius 2 is 1.53 bits per heavy atom. The van der Waals surface area contributed by atoms with Gasteiger partial charge >= 0.3 is 0 Å². The lowest BCUT2D eigenvalue weighted by Gasteiger charge is -2.35. The van der Waals surface area contributed by atoms with Crippen molar-refractivity contribution >= 4 is 11.8 Å². The first-order chi connectivity index (χ1) is 16.5. The lowest BCUT2D eigenvalue weighted by atomic mass is 10.1. The molecular formula is C27H36N2O5. The number of para-hydroxylation sites is 1. The van der Waals surface area contributed by atoms with E-state index in [4.69, 9.17) is 14.2 Å². The fraction of sp³-hybridized carbons (Fsp3) is 0.481. The molecule has 2 amide bonds. The average molecular weight is 469 g/mol. The van der Waals surface area contributed by atoms with Crippen LogP contribution in [0.5, 0.6) is 17.2 Å². The molecule has 34 heavy (non-hydrogen) atoms. The molecule has 0 atom stereocenters. The zero-order chi connectivity index (χ0) is 24.3. The predicted octanol–water partition coefficient (Wildman–Crippen LogP) is 4.26. The number of hydrogen-bond donors (Lipinski definition) is 0. The summed E-state index contributed by atoms with van der Waals surface area (Å²) in [5.74, 6) is 2.53.